The zero-order chi connectivity index (χ0) is 12.7. The highest BCUT2D eigenvalue weighted by atomic mass is 32.2. The molecule has 0 aromatic heterocycles. The third-order valence-corrected chi connectivity index (χ3v) is 4.80. The summed E-state index contributed by atoms with van der Waals surface area (Å²) in [5, 5.41) is 3.72. The van der Waals surface area contributed by atoms with Crippen molar-refractivity contribution in [3.05, 3.63) is 0 Å². The smallest absolute Gasteiger partial charge is 0.0303 e. The molecule has 0 saturated carbocycles. The third-order valence-electron chi connectivity index (χ3n) is 3.94. The molecule has 17 heavy (non-hydrogen) atoms. The van der Waals surface area contributed by atoms with E-state index in [0.29, 0.717) is 5.54 Å². The summed E-state index contributed by atoms with van der Waals surface area (Å²) >= 11 is 0. The summed E-state index contributed by atoms with van der Waals surface area (Å²) < 4.78 is 11.1. The monoisotopic (exact) mass is 260 g/mol. The van der Waals surface area contributed by atoms with Gasteiger partial charge in [0.2, 0.25) is 0 Å². The van der Waals surface area contributed by atoms with Crippen molar-refractivity contribution >= 4 is 10.8 Å². The molecule has 0 amide bonds. The van der Waals surface area contributed by atoms with Gasteiger partial charge in [-0.15, -0.1) is 0 Å². The molecule has 0 aromatic carbocycles. The molecule has 0 aliphatic carbocycles. The predicted octanol–water partition coefficient (Wildman–Crippen LogP) is 1.61. The molecule has 1 atom stereocenters. The highest BCUT2D eigenvalue weighted by Gasteiger charge is 2.29. The molecule has 1 aliphatic heterocycles. The van der Waals surface area contributed by atoms with Crippen LogP contribution in [0.5, 0.6) is 0 Å². The van der Waals surface area contributed by atoms with Gasteiger partial charge in [0.25, 0.3) is 0 Å². The lowest BCUT2D eigenvalue weighted by Gasteiger charge is -2.35. The molecule has 0 spiro atoms. The Morgan fingerprint density at radius 2 is 2.06 bits per heavy atom. The molecule has 1 rings (SSSR count). The van der Waals surface area contributed by atoms with E-state index in [0.717, 1.165) is 31.8 Å². The standard InChI is InChI=1S/C13H28N2OS/c1-4-13(5-2)12-15(9-6-8-14-13)10-7-11-17(3)16/h14H,4-12H2,1-3H3. The van der Waals surface area contributed by atoms with E-state index in [4.69, 9.17) is 0 Å². The summed E-state index contributed by atoms with van der Waals surface area (Å²) in [5.41, 5.74) is 0.307. The van der Waals surface area contributed by atoms with E-state index in [9.17, 15) is 4.21 Å². The zero-order valence-corrected chi connectivity index (χ0v) is 12.4. The predicted molar refractivity (Wildman–Crippen MR) is 75.9 cm³/mol. The fraction of sp³-hybridized carbons (Fsp3) is 1.00. The second-order valence-corrected chi connectivity index (χ2v) is 6.73. The minimum absolute atomic E-state index is 0.307. The van der Waals surface area contributed by atoms with Gasteiger partial charge in [-0.2, -0.15) is 0 Å². The summed E-state index contributed by atoms with van der Waals surface area (Å²) in [5.74, 6) is 0.842. The van der Waals surface area contributed by atoms with Crippen molar-refractivity contribution in [3.63, 3.8) is 0 Å². The number of nitrogens with zero attached hydrogens (tertiary/aromatic N) is 1. The van der Waals surface area contributed by atoms with Crippen molar-refractivity contribution in [1.29, 1.82) is 0 Å². The van der Waals surface area contributed by atoms with Crippen molar-refractivity contribution < 1.29 is 4.21 Å². The summed E-state index contributed by atoms with van der Waals surface area (Å²) in [6, 6.07) is 0. The van der Waals surface area contributed by atoms with Crippen LogP contribution in [0.4, 0.5) is 0 Å². The van der Waals surface area contributed by atoms with Gasteiger partial charge in [0.15, 0.2) is 0 Å². The minimum atomic E-state index is -0.639. The Hall–Kier alpha value is 0.0700. The second kappa shape index (κ2) is 7.49. The van der Waals surface area contributed by atoms with Gasteiger partial charge in [-0.1, -0.05) is 13.8 Å². The second-order valence-electron chi connectivity index (χ2n) is 5.17. The van der Waals surface area contributed by atoms with Crippen LogP contribution in [0.1, 0.15) is 39.5 Å². The third kappa shape index (κ3) is 5.06. The van der Waals surface area contributed by atoms with Gasteiger partial charge >= 0.3 is 0 Å². The van der Waals surface area contributed by atoms with Gasteiger partial charge in [-0.3, -0.25) is 4.21 Å². The first kappa shape index (κ1) is 15.1. The van der Waals surface area contributed by atoms with Crippen molar-refractivity contribution in [1.82, 2.24) is 10.2 Å². The van der Waals surface area contributed by atoms with Gasteiger partial charge in [-0.05, 0) is 45.3 Å². The molecule has 3 nitrogen and oxygen atoms in total. The largest absolute Gasteiger partial charge is 0.310 e. The van der Waals surface area contributed by atoms with Crippen LogP contribution in [0.15, 0.2) is 0 Å². The lowest BCUT2D eigenvalue weighted by atomic mass is 9.92. The fourth-order valence-corrected chi connectivity index (χ4v) is 3.16. The molecule has 1 N–H and O–H groups in total. The topological polar surface area (TPSA) is 32.3 Å². The average molecular weight is 260 g/mol. The van der Waals surface area contributed by atoms with Crippen LogP contribution in [0.2, 0.25) is 0 Å². The van der Waals surface area contributed by atoms with Crippen molar-refractivity contribution in [2.45, 2.75) is 45.1 Å². The first-order valence-electron chi connectivity index (χ1n) is 6.89. The Kier molecular flexibility index (Phi) is 6.67. The van der Waals surface area contributed by atoms with E-state index in [-0.39, 0.29) is 0 Å². The molecule has 1 unspecified atom stereocenters. The SMILES string of the molecule is CCC1(CC)CN(CCCS(C)=O)CCCN1. The first-order valence-corrected chi connectivity index (χ1v) is 8.62. The van der Waals surface area contributed by atoms with Crippen LogP contribution in [0.25, 0.3) is 0 Å². The quantitative estimate of drug-likeness (QED) is 0.787. The van der Waals surface area contributed by atoms with Gasteiger partial charge in [0.1, 0.15) is 0 Å². The maximum atomic E-state index is 11.1. The number of rotatable bonds is 6. The van der Waals surface area contributed by atoms with Crippen LogP contribution in [0.3, 0.4) is 0 Å². The van der Waals surface area contributed by atoms with Gasteiger partial charge < -0.3 is 10.2 Å². The highest BCUT2D eigenvalue weighted by Crippen LogP contribution is 2.19. The van der Waals surface area contributed by atoms with Crippen molar-refractivity contribution in [2.75, 3.05) is 38.2 Å². The van der Waals surface area contributed by atoms with E-state index in [1.54, 1.807) is 6.26 Å². The fourth-order valence-electron chi connectivity index (χ4n) is 2.63. The Bertz CT molecular complexity index is 242. The molecule has 0 radical (unpaired) electrons. The Balaban J connectivity index is 2.45. The molecule has 1 aliphatic rings. The first-order chi connectivity index (χ1) is 8.12. The molecule has 102 valence electrons. The molecule has 1 heterocycles. The maximum absolute atomic E-state index is 11.1. The van der Waals surface area contributed by atoms with Crippen LogP contribution < -0.4 is 5.32 Å². The van der Waals surface area contributed by atoms with Crippen LogP contribution in [-0.2, 0) is 10.8 Å². The van der Waals surface area contributed by atoms with Crippen LogP contribution in [0, 0.1) is 0 Å². The van der Waals surface area contributed by atoms with Crippen LogP contribution >= 0.6 is 0 Å². The molecule has 0 bridgehead atoms. The number of nitrogens with one attached hydrogen (secondary N) is 1. The van der Waals surface area contributed by atoms with Gasteiger partial charge in [0, 0.05) is 34.9 Å². The highest BCUT2D eigenvalue weighted by molar-refractivity contribution is 7.84. The number of hydrogen-bond acceptors (Lipinski definition) is 3. The Labute approximate surface area is 109 Å². The molecule has 1 fully saturated rings. The molecule has 4 heteroatoms. The lowest BCUT2D eigenvalue weighted by molar-refractivity contribution is 0.198. The lowest BCUT2D eigenvalue weighted by Crippen LogP contribution is -2.50. The average Bonchev–Trinajstić information content (AvgIpc) is 2.52. The maximum Gasteiger partial charge on any atom is 0.0303 e. The molecular formula is C13H28N2OS. The van der Waals surface area contributed by atoms with Crippen molar-refractivity contribution in [3.8, 4) is 0 Å². The van der Waals surface area contributed by atoms with Crippen LogP contribution in [-0.4, -0.2) is 52.8 Å². The Morgan fingerprint density at radius 3 is 2.65 bits per heavy atom. The summed E-state index contributed by atoms with van der Waals surface area (Å²) in [6.45, 7) is 9.13. The summed E-state index contributed by atoms with van der Waals surface area (Å²) in [6.07, 6.45) is 6.48. The summed E-state index contributed by atoms with van der Waals surface area (Å²) in [7, 11) is -0.639. The summed E-state index contributed by atoms with van der Waals surface area (Å²) in [4.78, 5) is 2.56. The normalized spacial score (nSPS) is 23.2. The van der Waals surface area contributed by atoms with Crippen molar-refractivity contribution in [2.24, 2.45) is 0 Å². The Morgan fingerprint density at radius 1 is 1.35 bits per heavy atom. The van der Waals surface area contributed by atoms with Gasteiger partial charge in [-0.25, -0.2) is 0 Å². The van der Waals surface area contributed by atoms with Gasteiger partial charge in [0.05, 0.1) is 0 Å². The van der Waals surface area contributed by atoms with E-state index in [2.05, 4.69) is 24.1 Å². The van der Waals surface area contributed by atoms with E-state index in [1.165, 1.54) is 25.8 Å². The number of hydrogen-bond donors (Lipinski definition) is 1. The van der Waals surface area contributed by atoms with E-state index in [1.807, 2.05) is 0 Å². The zero-order valence-electron chi connectivity index (χ0n) is 11.6. The van der Waals surface area contributed by atoms with E-state index >= 15 is 0 Å². The molecule has 0 aromatic rings. The molecule has 1 saturated heterocycles. The minimum Gasteiger partial charge on any atom is -0.310 e. The molecular weight excluding hydrogens is 232 g/mol. The van der Waals surface area contributed by atoms with E-state index < -0.39 is 10.8 Å².